The zero-order valence-corrected chi connectivity index (χ0v) is 16.9. The second kappa shape index (κ2) is 7.94. The average Bonchev–Trinajstić information content (AvgIpc) is 2.56. The molecule has 2 atom stereocenters. The van der Waals surface area contributed by atoms with E-state index in [-0.39, 0.29) is 11.8 Å². The maximum atomic E-state index is 13.0. The van der Waals surface area contributed by atoms with Crippen LogP contribution >= 0.6 is 31.9 Å². The van der Waals surface area contributed by atoms with E-state index in [9.17, 15) is 4.79 Å². The summed E-state index contributed by atoms with van der Waals surface area (Å²) in [6, 6.07) is 16.6. The molecule has 1 saturated heterocycles. The predicted molar refractivity (Wildman–Crippen MR) is 105 cm³/mol. The smallest absolute Gasteiger partial charge is 0.142 e. The molecule has 0 N–H and O–H groups in total. The Bertz CT molecular complexity index is 637. The quantitative estimate of drug-likeness (QED) is 0.670. The summed E-state index contributed by atoms with van der Waals surface area (Å²) in [5.74, 6) is 0.592. The van der Waals surface area contributed by atoms with Crippen molar-refractivity contribution in [2.24, 2.45) is 11.8 Å². The molecular formula is C20H21Br2NO. The van der Waals surface area contributed by atoms with Crippen LogP contribution in [0.25, 0.3) is 0 Å². The van der Waals surface area contributed by atoms with Gasteiger partial charge >= 0.3 is 0 Å². The lowest BCUT2D eigenvalue weighted by molar-refractivity contribution is -0.130. The van der Waals surface area contributed by atoms with E-state index in [1.165, 1.54) is 11.1 Å². The molecule has 1 heterocycles. The molecule has 0 aliphatic carbocycles. The molecule has 2 nitrogen and oxygen atoms in total. The maximum absolute atomic E-state index is 13.0. The van der Waals surface area contributed by atoms with E-state index in [2.05, 4.69) is 68.1 Å². The van der Waals surface area contributed by atoms with Gasteiger partial charge in [-0.05, 0) is 55.3 Å². The van der Waals surface area contributed by atoms with Crippen molar-refractivity contribution in [1.82, 2.24) is 4.90 Å². The van der Waals surface area contributed by atoms with E-state index in [1.54, 1.807) is 0 Å². The Hall–Kier alpha value is -0.970. The van der Waals surface area contributed by atoms with E-state index in [0.717, 1.165) is 34.9 Å². The van der Waals surface area contributed by atoms with Gasteiger partial charge in [-0.1, -0.05) is 56.1 Å². The van der Waals surface area contributed by atoms with Gasteiger partial charge in [0.1, 0.15) is 5.78 Å². The van der Waals surface area contributed by atoms with Gasteiger partial charge in [0.2, 0.25) is 0 Å². The van der Waals surface area contributed by atoms with Gasteiger partial charge in [0.25, 0.3) is 0 Å². The standard InChI is InChI=1S/C20H21Br2NO/c1-23-12-16(10-14-2-6-18(21)7-3-14)20(24)17(13-23)11-15-4-8-19(22)9-5-15/h2-9,16-17H,10-13H2,1H3. The summed E-state index contributed by atoms with van der Waals surface area (Å²) in [5.41, 5.74) is 2.46. The number of likely N-dealkylation sites (tertiary alicyclic amines) is 1. The molecule has 24 heavy (non-hydrogen) atoms. The highest BCUT2D eigenvalue weighted by Crippen LogP contribution is 2.25. The van der Waals surface area contributed by atoms with Crippen LogP contribution in [-0.4, -0.2) is 30.8 Å². The van der Waals surface area contributed by atoms with Crippen LogP contribution in [0.3, 0.4) is 0 Å². The number of Topliss-reactive ketones (excluding diaryl/α,β-unsaturated/α-hetero) is 1. The van der Waals surface area contributed by atoms with Crippen LogP contribution in [0.1, 0.15) is 11.1 Å². The Morgan fingerprint density at radius 2 is 1.21 bits per heavy atom. The highest BCUT2D eigenvalue weighted by atomic mass is 79.9. The number of halogens is 2. The van der Waals surface area contributed by atoms with Crippen LogP contribution < -0.4 is 0 Å². The summed E-state index contributed by atoms with van der Waals surface area (Å²) in [5, 5.41) is 0. The molecule has 0 saturated carbocycles. The van der Waals surface area contributed by atoms with Gasteiger partial charge in [0, 0.05) is 33.9 Å². The molecule has 0 spiro atoms. The van der Waals surface area contributed by atoms with Crippen LogP contribution in [0.5, 0.6) is 0 Å². The Morgan fingerprint density at radius 3 is 1.58 bits per heavy atom. The summed E-state index contributed by atoms with van der Waals surface area (Å²) < 4.78 is 2.15. The highest BCUT2D eigenvalue weighted by molar-refractivity contribution is 9.10. The molecule has 126 valence electrons. The SMILES string of the molecule is CN1CC(Cc2ccc(Br)cc2)C(=O)C(Cc2ccc(Br)cc2)C1. The summed E-state index contributed by atoms with van der Waals surface area (Å²) in [4.78, 5) is 15.3. The van der Waals surface area contributed by atoms with Crippen molar-refractivity contribution >= 4 is 37.6 Å². The van der Waals surface area contributed by atoms with Gasteiger partial charge in [-0.2, -0.15) is 0 Å². The lowest BCUT2D eigenvalue weighted by Crippen LogP contribution is -2.46. The monoisotopic (exact) mass is 449 g/mol. The molecule has 0 amide bonds. The molecule has 1 aliphatic rings. The van der Waals surface area contributed by atoms with E-state index in [4.69, 9.17) is 0 Å². The van der Waals surface area contributed by atoms with Gasteiger partial charge in [-0.25, -0.2) is 0 Å². The minimum absolute atomic E-state index is 0.0883. The number of ketones is 1. The van der Waals surface area contributed by atoms with Crippen LogP contribution in [-0.2, 0) is 17.6 Å². The number of benzene rings is 2. The maximum Gasteiger partial charge on any atom is 0.142 e. The van der Waals surface area contributed by atoms with Gasteiger partial charge in [-0.15, -0.1) is 0 Å². The number of rotatable bonds is 4. The second-order valence-corrected chi connectivity index (χ2v) is 8.51. The fourth-order valence-electron chi connectivity index (χ4n) is 3.48. The van der Waals surface area contributed by atoms with Crippen molar-refractivity contribution in [1.29, 1.82) is 0 Å². The lowest BCUT2D eigenvalue weighted by Gasteiger charge is -2.34. The van der Waals surface area contributed by atoms with Crippen molar-refractivity contribution in [2.75, 3.05) is 20.1 Å². The molecule has 4 heteroatoms. The highest BCUT2D eigenvalue weighted by Gasteiger charge is 2.33. The molecule has 0 bridgehead atoms. The lowest BCUT2D eigenvalue weighted by atomic mass is 9.81. The van der Waals surface area contributed by atoms with E-state index >= 15 is 0 Å². The molecule has 1 fully saturated rings. The van der Waals surface area contributed by atoms with Crippen molar-refractivity contribution in [2.45, 2.75) is 12.8 Å². The Balaban J connectivity index is 1.70. The third-order valence-corrected chi connectivity index (χ3v) is 5.72. The largest absolute Gasteiger partial charge is 0.305 e. The van der Waals surface area contributed by atoms with Crippen molar-refractivity contribution in [3.63, 3.8) is 0 Å². The third kappa shape index (κ3) is 4.56. The van der Waals surface area contributed by atoms with Crippen molar-refractivity contribution in [3.8, 4) is 0 Å². The van der Waals surface area contributed by atoms with Gasteiger partial charge in [0.05, 0.1) is 0 Å². The van der Waals surface area contributed by atoms with E-state index in [1.807, 2.05) is 24.3 Å². The number of carbonyl (C=O) groups excluding carboxylic acids is 1. The Morgan fingerprint density at radius 1 is 0.833 bits per heavy atom. The second-order valence-electron chi connectivity index (χ2n) is 6.68. The van der Waals surface area contributed by atoms with Crippen LogP contribution in [0.2, 0.25) is 0 Å². The fraction of sp³-hybridized carbons (Fsp3) is 0.350. The van der Waals surface area contributed by atoms with Crippen LogP contribution in [0, 0.1) is 11.8 Å². The zero-order chi connectivity index (χ0) is 17.1. The minimum atomic E-state index is 0.0883. The first-order valence-corrected chi connectivity index (χ1v) is 9.81. The predicted octanol–water partition coefficient (Wildman–Crippen LogP) is 4.74. The normalized spacial score (nSPS) is 21.9. The number of carbonyl (C=O) groups is 1. The summed E-state index contributed by atoms with van der Waals surface area (Å²) >= 11 is 6.93. The molecular weight excluding hydrogens is 430 g/mol. The summed E-state index contributed by atoms with van der Waals surface area (Å²) in [6.45, 7) is 1.71. The van der Waals surface area contributed by atoms with Crippen LogP contribution in [0.15, 0.2) is 57.5 Å². The number of piperidine rings is 1. The van der Waals surface area contributed by atoms with Crippen molar-refractivity contribution in [3.05, 3.63) is 68.6 Å². The Labute approximate surface area is 160 Å². The fourth-order valence-corrected chi connectivity index (χ4v) is 4.01. The van der Waals surface area contributed by atoms with Crippen LogP contribution in [0.4, 0.5) is 0 Å². The molecule has 3 rings (SSSR count). The number of hydrogen-bond acceptors (Lipinski definition) is 2. The summed E-state index contributed by atoms with van der Waals surface area (Å²) in [6.07, 6.45) is 1.65. The first-order valence-electron chi connectivity index (χ1n) is 8.22. The van der Waals surface area contributed by atoms with E-state index < -0.39 is 0 Å². The summed E-state index contributed by atoms with van der Waals surface area (Å²) in [7, 11) is 2.12. The van der Waals surface area contributed by atoms with E-state index in [0.29, 0.717) is 5.78 Å². The number of nitrogens with zero attached hydrogens (tertiary/aromatic N) is 1. The Kier molecular flexibility index (Phi) is 5.90. The average molecular weight is 451 g/mol. The first kappa shape index (κ1) is 17.8. The topological polar surface area (TPSA) is 20.3 Å². The molecule has 0 aromatic heterocycles. The molecule has 1 aliphatic heterocycles. The van der Waals surface area contributed by atoms with Gasteiger partial charge < -0.3 is 4.90 Å². The minimum Gasteiger partial charge on any atom is -0.305 e. The molecule has 2 unspecified atom stereocenters. The first-order chi connectivity index (χ1) is 11.5. The number of hydrogen-bond donors (Lipinski definition) is 0. The molecule has 0 radical (unpaired) electrons. The molecule has 2 aromatic carbocycles. The van der Waals surface area contributed by atoms with Gasteiger partial charge in [-0.3, -0.25) is 4.79 Å². The van der Waals surface area contributed by atoms with Crippen molar-refractivity contribution < 1.29 is 4.79 Å². The zero-order valence-electron chi connectivity index (χ0n) is 13.7. The third-order valence-electron chi connectivity index (χ3n) is 4.66. The van der Waals surface area contributed by atoms with Gasteiger partial charge in [0.15, 0.2) is 0 Å². The molecule has 2 aromatic rings.